The molecular formula is C11H15NO2. The predicted molar refractivity (Wildman–Crippen MR) is 53.4 cm³/mol. The van der Waals surface area contributed by atoms with Crippen molar-refractivity contribution in [3.63, 3.8) is 0 Å². The van der Waals surface area contributed by atoms with Gasteiger partial charge in [-0.1, -0.05) is 30.3 Å². The molecule has 2 N–H and O–H groups in total. The van der Waals surface area contributed by atoms with Gasteiger partial charge in [-0.25, -0.2) is 0 Å². The van der Waals surface area contributed by atoms with Gasteiger partial charge in [0.1, 0.15) is 0 Å². The standard InChI is InChI=1S/C11H15NO2/c13-11-7-6-10(11)12-14-8-9-4-2-1-3-5-9/h1-5,10-13H,6-8H2/t10-,11-/m1/s1. The number of nitrogens with one attached hydrogen (secondary N) is 1. The minimum atomic E-state index is -0.231. The summed E-state index contributed by atoms with van der Waals surface area (Å²) in [6, 6.07) is 10.1. The minimum Gasteiger partial charge on any atom is -0.391 e. The van der Waals surface area contributed by atoms with Crippen LogP contribution in [0.25, 0.3) is 0 Å². The Balaban J connectivity index is 1.68. The molecule has 0 unspecified atom stereocenters. The highest BCUT2D eigenvalue weighted by Crippen LogP contribution is 2.19. The zero-order valence-corrected chi connectivity index (χ0v) is 8.02. The van der Waals surface area contributed by atoms with Crippen molar-refractivity contribution >= 4 is 0 Å². The molecule has 3 heteroatoms. The van der Waals surface area contributed by atoms with E-state index in [9.17, 15) is 5.11 Å². The van der Waals surface area contributed by atoms with E-state index in [4.69, 9.17) is 4.84 Å². The van der Waals surface area contributed by atoms with Crippen LogP contribution in [0.2, 0.25) is 0 Å². The van der Waals surface area contributed by atoms with Gasteiger partial charge in [0.25, 0.3) is 0 Å². The molecule has 14 heavy (non-hydrogen) atoms. The highest BCUT2D eigenvalue weighted by molar-refractivity contribution is 5.13. The highest BCUT2D eigenvalue weighted by atomic mass is 16.6. The van der Waals surface area contributed by atoms with E-state index in [-0.39, 0.29) is 12.1 Å². The number of benzene rings is 1. The van der Waals surface area contributed by atoms with E-state index in [1.807, 2.05) is 30.3 Å². The fraction of sp³-hybridized carbons (Fsp3) is 0.455. The number of hydrogen-bond acceptors (Lipinski definition) is 3. The van der Waals surface area contributed by atoms with Crippen molar-refractivity contribution < 1.29 is 9.94 Å². The Kier molecular flexibility index (Phi) is 3.14. The predicted octanol–water partition coefficient (Wildman–Crippen LogP) is 1.23. The first-order chi connectivity index (χ1) is 6.86. The lowest BCUT2D eigenvalue weighted by atomic mass is 9.90. The van der Waals surface area contributed by atoms with Gasteiger partial charge in [0.2, 0.25) is 0 Å². The van der Waals surface area contributed by atoms with Crippen LogP contribution in [-0.4, -0.2) is 17.3 Å². The lowest BCUT2D eigenvalue weighted by Gasteiger charge is -2.32. The monoisotopic (exact) mass is 193 g/mol. The Labute approximate surface area is 83.7 Å². The molecule has 1 aliphatic carbocycles. The first-order valence-electron chi connectivity index (χ1n) is 4.95. The Morgan fingerprint density at radius 3 is 2.64 bits per heavy atom. The molecule has 0 radical (unpaired) electrons. The van der Waals surface area contributed by atoms with E-state index in [1.54, 1.807) is 0 Å². The molecule has 0 heterocycles. The van der Waals surface area contributed by atoms with Crippen LogP contribution >= 0.6 is 0 Å². The number of hydroxylamine groups is 1. The van der Waals surface area contributed by atoms with Gasteiger partial charge in [0.15, 0.2) is 0 Å². The normalized spacial score (nSPS) is 25.8. The maximum absolute atomic E-state index is 9.26. The highest BCUT2D eigenvalue weighted by Gasteiger charge is 2.28. The Bertz CT molecular complexity index is 276. The summed E-state index contributed by atoms with van der Waals surface area (Å²) in [5.41, 5.74) is 4.00. The Morgan fingerprint density at radius 1 is 1.29 bits per heavy atom. The Hall–Kier alpha value is -0.900. The van der Waals surface area contributed by atoms with Crippen LogP contribution in [0.5, 0.6) is 0 Å². The smallest absolute Gasteiger partial charge is 0.0933 e. The molecule has 2 rings (SSSR count). The second kappa shape index (κ2) is 4.55. The van der Waals surface area contributed by atoms with Crippen molar-refractivity contribution in [2.24, 2.45) is 0 Å². The number of aliphatic hydroxyl groups is 1. The molecule has 1 aliphatic rings. The molecule has 2 atom stereocenters. The van der Waals surface area contributed by atoms with Gasteiger partial charge in [-0.05, 0) is 18.4 Å². The molecule has 1 fully saturated rings. The van der Waals surface area contributed by atoms with E-state index in [1.165, 1.54) is 0 Å². The second-order valence-corrected chi connectivity index (χ2v) is 3.64. The average molecular weight is 193 g/mol. The molecule has 1 aromatic rings. The Morgan fingerprint density at radius 2 is 2.07 bits per heavy atom. The summed E-state index contributed by atoms with van der Waals surface area (Å²) in [4.78, 5) is 5.28. The van der Waals surface area contributed by atoms with Crippen LogP contribution in [-0.2, 0) is 11.4 Å². The van der Waals surface area contributed by atoms with Gasteiger partial charge in [-0.2, -0.15) is 5.48 Å². The zero-order chi connectivity index (χ0) is 9.80. The molecule has 0 spiro atoms. The molecule has 1 saturated carbocycles. The summed E-state index contributed by atoms with van der Waals surface area (Å²) in [7, 11) is 0. The summed E-state index contributed by atoms with van der Waals surface area (Å²) in [5, 5.41) is 9.26. The van der Waals surface area contributed by atoms with Crippen LogP contribution in [0.3, 0.4) is 0 Å². The number of hydrogen-bond donors (Lipinski definition) is 2. The SMILES string of the molecule is O[C@@H]1CC[C@H]1NOCc1ccccc1. The van der Waals surface area contributed by atoms with Crippen molar-refractivity contribution in [2.75, 3.05) is 0 Å². The van der Waals surface area contributed by atoms with Gasteiger partial charge < -0.3 is 5.11 Å². The summed E-state index contributed by atoms with van der Waals surface area (Å²) >= 11 is 0. The third-order valence-corrected chi connectivity index (χ3v) is 2.55. The van der Waals surface area contributed by atoms with Crippen LogP contribution in [0, 0.1) is 0 Å². The zero-order valence-electron chi connectivity index (χ0n) is 8.02. The lowest BCUT2D eigenvalue weighted by Crippen LogP contribution is -2.47. The minimum absolute atomic E-state index is 0.124. The van der Waals surface area contributed by atoms with Crippen LogP contribution in [0.1, 0.15) is 18.4 Å². The molecule has 0 aliphatic heterocycles. The lowest BCUT2D eigenvalue weighted by molar-refractivity contribution is -0.0680. The topological polar surface area (TPSA) is 41.5 Å². The van der Waals surface area contributed by atoms with Crippen LogP contribution in [0.4, 0.5) is 0 Å². The summed E-state index contributed by atoms with van der Waals surface area (Å²) < 4.78 is 0. The summed E-state index contributed by atoms with van der Waals surface area (Å²) in [6.07, 6.45) is 1.65. The first-order valence-corrected chi connectivity index (χ1v) is 4.95. The van der Waals surface area contributed by atoms with Gasteiger partial charge in [-0.3, -0.25) is 4.84 Å². The molecule has 0 aromatic heterocycles. The van der Waals surface area contributed by atoms with Crippen molar-refractivity contribution in [2.45, 2.75) is 31.6 Å². The third kappa shape index (κ3) is 2.32. The molecule has 3 nitrogen and oxygen atoms in total. The number of rotatable bonds is 4. The summed E-state index contributed by atoms with van der Waals surface area (Å²) in [5.74, 6) is 0. The molecule has 1 aromatic carbocycles. The molecule has 0 bridgehead atoms. The van der Waals surface area contributed by atoms with E-state index < -0.39 is 0 Å². The van der Waals surface area contributed by atoms with Gasteiger partial charge in [0.05, 0.1) is 18.8 Å². The van der Waals surface area contributed by atoms with Gasteiger partial charge >= 0.3 is 0 Å². The molecule has 0 amide bonds. The van der Waals surface area contributed by atoms with E-state index >= 15 is 0 Å². The van der Waals surface area contributed by atoms with Gasteiger partial charge in [0, 0.05) is 0 Å². The third-order valence-electron chi connectivity index (χ3n) is 2.55. The largest absolute Gasteiger partial charge is 0.391 e. The van der Waals surface area contributed by atoms with Crippen LogP contribution in [0.15, 0.2) is 30.3 Å². The van der Waals surface area contributed by atoms with Crippen molar-refractivity contribution in [1.82, 2.24) is 5.48 Å². The van der Waals surface area contributed by atoms with E-state index in [0.29, 0.717) is 6.61 Å². The number of aliphatic hydroxyl groups excluding tert-OH is 1. The second-order valence-electron chi connectivity index (χ2n) is 3.64. The maximum Gasteiger partial charge on any atom is 0.0933 e. The van der Waals surface area contributed by atoms with Crippen LogP contribution < -0.4 is 5.48 Å². The van der Waals surface area contributed by atoms with Crippen molar-refractivity contribution in [3.8, 4) is 0 Å². The first kappa shape index (κ1) is 9.65. The van der Waals surface area contributed by atoms with E-state index in [2.05, 4.69) is 5.48 Å². The van der Waals surface area contributed by atoms with Crippen molar-refractivity contribution in [1.29, 1.82) is 0 Å². The molecule has 76 valence electrons. The summed E-state index contributed by atoms with van der Waals surface area (Å²) in [6.45, 7) is 0.546. The molecular weight excluding hydrogens is 178 g/mol. The quantitative estimate of drug-likeness (QED) is 0.707. The molecule has 0 saturated heterocycles. The van der Waals surface area contributed by atoms with Crippen molar-refractivity contribution in [3.05, 3.63) is 35.9 Å². The fourth-order valence-electron chi connectivity index (χ4n) is 1.43. The van der Waals surface area contributed by atoms with Gasteiger partial charge in [-0.15, -0.1) is 0 Å². The maximum atomic E-state index is 9.26. The average Bonchev–Trinajstić information content (AvgIpc) is 2.24. The van der Waals surface area contributed by atoms with E-state index in [0.717, 1.165) is 18.4 Å². The fourth-order valence-corrected chi connectivity index (χ4v) is 1.43.